The van der Waals surface area contributed by atoms with Crippen LogP contribution in [0.5, 0.6) is 0 Å². The van der Waals surface area contributed by atoms with Gasteiger partial charge < -0.3 is 0 Å². The Labute approximate surface area is 307 Å². The third kappa shape index (κ3) is 5.33. The van der Waals surface area contributed by atoms with E-state index in [9.17, 15) is 0 Å². The third-order valence-corrected chi connectivity index (χ3v) is 43.3. The van der Waals surface area contributed by atoms with Crippen LogP contribution in [0.4, 0.5) is 0 Å². The van der Waals surface area contributed by atoms with Crippen molar-refractivity contribution in [1.29, 1.82) is 0 Å². The minimum Gasteiger partial charge on any atom is -0.147 e. The number of hydrogen-bond donors (Lipinski definition) is 0. The predicted molar refractivity (Wildman–Crippen MR) is 220 cm³/mol. The fourth-order valence-corrected chi connectivity index (χ4v) is 33.8. The van der Waals surface area contributed by atoms with Gasteiger partial charge >= 0.3 is 285 Å². The molecule has 2 atom stereocenters. The molecule has 0 bridgehead atoms. The molecule has 0 aliphatic heterocycles. The Morgan fingerprint density at radius 2 is 0.939 bits per heavy atom. The Kier molecular flexibility index (Phi) is 9.95. The van der Waals surface area contributed by atoms with Gasteiger partial charge in [0.05, 0.1) is 0 Å². The van der Waals surface area contributed by atoms with Crippen molar-refractivity contribution >= 4 is 65.4 Å². The number of halogens is 2. The quantitative estimate of drug-likeness (QED) is 0.142. The molecule has 0 spiro atoms. The molecule has 0 heterocycles. The molecule has 0 nitrogen and oxygen atoms in total. The first kappa shape index (κ1) is 35.8. The van der Waals surface area contributed by atoms with E-state index in [0.29, 0.717) is 7.25 Å². The Bertz CT molecular complexity index is 2350. The molecule has 0 aromatic heterocycles. The van der Waals surface area contributed by atoms with Gasteiger partial charge in [-0.2, -0.15) is 0 Å². The summed E-state index contributed by atoms with van der Waals surface area (Å²) in [5.41, 5.74) is 14.9. The first-order valence-corrected chi connectivity index (χ1v) is 29.8. The van der Waals surface area contributed by atoms with Gasteiger partial charge in [-0.15, -0.1) is 24.8 Å². The van der Waals surface area contributed by atoms with Crippen LogP contribution < -0.4 is 0 Å². The summed E-state index contributed by atoms with van der Waals surface area (Å²) in [6.07, 6.45) is 6.32. The van der Waals surface area contributed by atoms with E-state index in [-0.39, 0.29) is 24.8 Å². The van der Waals surface area contributed by atoms with Gasteiger partial charge in [0.25, 0.3) is 0 Å². The molecule has 8 rings (SSSR count). The average Bonchev–Trinajstić information content (AvgIpc) is 3.69. The zero-order valence-corrected chi connectivity index (χ0v) is 34.5. The first-order valence-electron chi connectivity index (χ1n) is 17.6. The zero-order chi connectivity index (χ0) is 32.4. The fourth-order valence-electron chi connectivity index (χ4n) is 9.90. The van der Waals surface area contributed by atoms with Gasteiger partial charge in [-0.3, -0.25) is 0 Å². The van der Waals surface area contributed by atoms with Crippen molar-refractivity contribution in [3.8, 4) is 22.3 Å². The van der Waals surface area contributed by atoms with Crippen LogP contribution in [-0.4, -0.2) is 6.88 Å². The van der Waals surface area contributed by atoms with Crippen molar-refractivity contribution in [2.75, 3.05) is 0 Å². The summed E-state index contributed by atoms with van der Waals surface area (Å²) in [6, 6.07) is 45.8. The summed E-state index contributed by atoms with van der Waals surface area (Å²) < 4.78 is 3.69. The van der Waals surface area contributed by atoms with E-state index in [1.165, 1.54) is 63.2 Å². The van der Waals surface area contributed by atoms with E-state index in [2.05, 4.69) is 168 Å². The van der Waals surface area contributed by atoms with Gasteiger partial charge in [0.15, 0.2) is 0 Å². The van der Waals surface area contributed by atoms with E-state index < -0.39 is 17.4 Å². The van der Waals surface area contributed by atoms with Crippen molar-refractivity contribution in [3.05, 3.63) is 155 Å². The summed E-state index contributed by atoms with van der Waals surface area (Å²) in [4.78, 5) is 0. The Hall–Kier alpha value is -3.00. The summed E-state index contributed by atoms with van der Waals surface area (Å²) in [5, 5.41) is 5.31. The van der Waals surface area contributed by atoms with Crippen LogP contribution in [0, 0.1) is 0 Å². The monoisotopic (exact) mass is 774 g/mol. The number of allylic oxidation sites excluding steroid dienone is 2. The molecule has 2 aliphatic rings. The van der Waals surface area contributed by atoms with Crippen molar-refractivity contribution in [2.24, 2.45) is 0 Å². The van der Waals surface area contributed by atoms with Crippen LogP contribution >= 0.6 is 24.8 Å². The van der Waals surface area contributed by atoms with E-state index in [1.54, 1.807) is 22.3 Å². The van der Waals surface area contributed by atoms with Gasteiger partial charge in [0, 0.05) is 0 Å². The smallest absolute Gasteiger partial charge is 0.147 e. The average molecular weight is 777 g/mol. The number of benzene rings is 6. The zero-order valence-electron chi connectivity index (χ0n) is 29.0. The topological polar surface area (TPSA) is 0 Å². The van der Waals surface area contributed by atoms with E-state index >= 15 is 0 Å². The molecule has 0 saturated carbocycles. The largest absolute Gasteiger partial charge is 0.147 e. The molecule has 0 radical (unpaired) electrons. The number of fused-ring (bicyclic) bond motifs is 4. The van der Waals surface area contributed by atoms with Crippen molar-refractivity contribution in [1.82, 2.24) is 0 Å². The molecule has 0 N–H and O–H groups in total. The molecule has 0 fully saturated rings. The van der Waals surface area contributed by atoms with E-state index in [1.807, 2.05) is 0 Å². The second-order valence-electron chi connectivity index (χ2n) is 14.3. The summed E-state index contributed by atoms with van der Waals surface area (Å²) in [6.45, 7) is 12.5. The van der Waals surface area contributed by atoms with Gasteiger partial charge in [0.1, 0.15) is 0 Å². The van der Waals surface area contributed by atoms with Gasteiger partial charge in [-0.1, -0.05) is 0 Å². The van der Waals surface area contributed by atoms with Crippen LogP contribution in [0.25, 0.3) is 56.0 Å². The van der Waals surface area contributed by atoms with Crippen LogP contribution in [0.2, 0.25) is 8.26 Å². The number of rotatable bonds is 7. The Morgan fingerprint density at radius 3 is 1.45 bits per heavy atom. The Balaban J connectivity index is 0.00000208. The molecule has 0 amide bonds. The van der Waals surface area contributed by atoms with Crippen LogP contribution in [0.15, 0.2) is 132 Å². The predicted octanol–water partition coefficient (Wildman–Crippen LogP) is 13.3. The van der Waals surface area contributed by atoms with E-state index in [4.69, 9.17) is 0 Å². The number of hydrogen-bond acceptors (Lipinski definition) is 0. The maximum absolute atomic E-state index is 3.78. The molecule has 0 saturated heterocycles. The van der Waals surface area contributed by atoms with Gasteiger partial charge in [-0.05, 0) is 0 Å². The molecule has 2 aliphatic carbocycles. The molecule has 248 valence electrons. The van der Waals surface area contributed by atoms with Crippen molar-refractivity contribution in [3.63, 3.8) is 0 Å². The molecule has 4 heteroatoms. The van der Waals surface area contributed by atoms with Crippen LogP contribution in [-0.2, 0) is 17.4 Å². The van der Waals surface area contributed by atoms with Crippen molar-refractivity contribution < 1.29 is 17.4 Å². The minimum atomic E-state index is -3.78. The van der Waals surface area contributed by atoms with Gasteiger partial charge in [-0.25, -0.2) is 0 Å². The second-order valence-corrected chi connectivity index (χ2v) is 41.9. The first-order chi connectivity index (χ1) is 22.9. The van der Waals surface area contributed by atoms with E-state index in [0.717, 1.165) is 6.42 Å². The Morgan fingerprint density at radius 1 is 0.510 bits per heavy atom. The third-order valence-electron chi connectivity index (χ3n) is 12.4. The second kappa shape index (κ2) is 13.6. The van der Waals surface area contributed by atoms with Crippen LogP contribution in [0.1, 0.15) is 63.6 Å². The molecule has 2 unspecified atom stereocenters. The van der Waals surface area contributed by atoms with Gasteiger partial charge in [0.2, 0.25) is 0 Å². The SMILES string of the molecule is CCC1=Cc2c(-c3cccc4ccccc34)cccc2[CH]1[Zr](=[SiH2])([CH2]C)([CH2]C)[CH]1C(C)=Cc2c(-c3cccc4ccccc34)cccc21.Cl.Cl. The summed E-state index contributed by atoms with van der Waals surface area (Å²) in [7, 11) is 0. The van der Waals surface area contributed by atoms with Crippen LogP contribution in [0.3, 0.4) is 0 Å². The molecular weight excluding hydrogens is 731 g/mol. The molecular formula is C45H46Cl2SiZr. The molecule has 6 aromatic carbocycles. The summed E-state index contributed by atoms with van der Waals surface area (Å²) >= 11 is -3.78. The normalized spacial score (nSPS) is 16.8. The standard InChI is InChI=1S/C21H17.C20H15.2C2H5.2ClH.H2Si.Zr/c1-2-15-13-17-9-6-12-20(21(17)14-15)19-11-5-8-16-7-3-4-10-18(16)19;1-14-12-16-8-5-11-19(20(16)13-14)18-10-4-7-15-6-2-3-9-17(15)18;2*1-2;;;;/h3-14H,2H2,1H3;2-13H,1H3;2*1H2,2H3;2*1H;1H2;. The molecule has 6 aromatic rings. The molecule has 49 heavy (non-hydrogen) atoms. The maximum Gasteiger partial charge on any atom is -0.147 e. The van der Waals surface area contributed by atoms with Crippen molar-refractivity contribution in [2.45, 2.75) is 49.6 Å². The maximum atomic E-state index is 2.63. The fraction of sp³-hybridized carbons (Fsp3) is 0.200. The summed E-state index contributed by atoms with van der Waals surface area (Å²) in [5.74, 6) is 0. The minimum absolute atomic E-state index is 0.